The molecule has 0 saturated carbocycles. The maximum Gasteiger partial charge on any atom is 0.275 e. The fourth-order valence-electron chi connectivity index (χ4n) is 1.86. The van der Waals surface area contributed by atoms with Gasteiger partial charge in [0.1, 0.15) is 18.9 Å². The molecule has 1 aromatic carbocycles. The predicted molar refractivity (Wildman–Crippen MR) is 77.2 cm³/mol. The number of nitrogens with zero attached hydrogens (tertiary/aromatic N) is 2. The Balaban J connectivity index is 1.84. The second-order valence-corrected chi connectivity index (χ2v) is 4.88. The number of fused-ring (bicyclic) bond motifs is 1. The minimum atomic E-state index is -0.388. The van der Waals surface area contributed by atoms with E-state index in [1.54, 1.807) is 19.1 Å². The number of halogens is 1. The lowest BCUT2D eigenvalue weighted by Gasteiger charge is -2.19. The summed E-state index contributed by atoms with van der Waals surface area (Å²) < 4.78 is 10.9. The maximum atomic E-state index is 12.1. The molecule has 6 nitrogen and oxygen atoms in total. The maximum absolute atomic E-state index is 12.1. The molecular weight excluding hydrogens is 294 g/mol. The van der Waals surface area contributed by atoms with E-state index in [0.29, 0.717) is 35.4 Å². The van der Waals surface area contributed by atoms with Crippen LogP contribution in [0.4, 0.5) is 5.69 Å². The fourth-order valence-corrected chi connectivity index (χ4v) is 2.06. The third-order valence-corrected chi connectivity index (χ3v) is 3.21. The SMILES string of the molecule is Cc1cnc(C(=O)Nc2cc3c(cc2Cl)OCCO3)cn1. The van der Waals surface area contributed by atoms with Crippen LogP contribution in [0.2, 0.25) is 5.02 Å². The minimum absolute atomic E-state index is 0.214. The largest absolute Gasteiger partial charge is 0.486 e. The minimum Gasteiger partial charge on any atom is -0.486 e. The van der Waals surface area contributed by atoms with E-state index < -0.39 is 0 Å². The summed E-state index contributed by atoms with van der Waals surface area (Å²) in [5, 5.41) is 3.06. The molecule has 21 heavy (non-hydrogen) atoms. The van der Waals surface area contributed by atoms with Crippen molar-refractivity contribution in [2.24, 2.45) is 0 Å². The summed E-state index contributed by atoms with van der Waals surface area (Å²) in [5.41, 5.74) is 1.39. The molecule has 0 spiro atoms. The zero-order valence-corrected chi connectivity index (χ0v) is 12.0. The molecule has 0 bridgehead atoms. The lowest BCUT2D eigenvalue weighted by Crippen LogP contribution is -2.17. The van der Waals surface area contributed by atoms with Gasteiger partial charge in [0.2, 0.25) is 0 Å². The summed E-state index contributed by atoms with van der Waals surface area (Å²) in [6, 6.07) is 3.25. The first-order valence-corrected chi connectivity index (χ1v) is 6.70. The van der Waals surface area contributed by atoms with Crippen molar-refractivity contribution in [2.45, 2.75) is 6.92 Å². The molecule has 0 fully saturated rings. The number of benzene rings is 1. The number of rotatable bonds is 2. The van der Waals surface area contributed by atoms with Gasteiger partial charge in [-0.3, -0.25) is 9.78 Å². The molecule has 1 amide bonds. The van der Waals surface area contributed by atoms with Crippen molar-refractivity contribution >= 4 is 23.2 Å². The van der Waals surface area contributed by atoms with Crippen LogP contribution in [0.3, 0.4) is 0 Å². The van der Waals surface area contributed by atoms with E-state index >= 15 is 0 Å². The van der Waals surface area contributed by atoms with Gasteiger partial charge in [-0.25, -0.2) is 4.98 Å². The smallest absolute Gasteiger partial charge is 0.275 e. The Labute approximate surface area is 126 Å². The lowest BCUT2D eigenvalue weighted by atomic mass is 10.2. The summed E-state index contributed by atoms with van der Waals surface area (Å²) in [4.78, 5) is 20.2. The van der Waals surface area contributed by atoms with Gasteiger partial charge < -0.3 is 14.8 Å². The highest BCUT2D eigenvalue weighted by Crippen LogP contribution is 2.38. The number of anilines is 1. The summed E-state index contributed by atoms with van der Waals surface area (Å²) in [6.07, 6.45) is 2.94. The van der Waals surface area contributed by atoms with Crippen LogP contribution in [0.15, 0.2) is 24.5 Å². The molecule has 2 aromatic rings. The van der Waals surface area contributed by atoms with Gasteiger partial charge >= 0.3 is 0 Å². The third-order valence-electron chi connectivity index (χ3n) is 2.89. The van der Waals surface area contributed by atoms with E-state index in [4.69, 9.17) is 21.1 Å². The zero-order chi connectivity index (χ0) is 14.8. The topological polar surface area (TPSA) is 73.3 Å². The number of carbonyl (C=O) groups excluding carboxylic acids is 1. The van der Waals surface area contributed by atoms with Crippen molar-refractivity contribution < 1.29 is 14.3 Å². The average molecular weight is 306 g/mol. The van der Waals surface area contributed by atoms with Crippen molar-refractivity contribution in [3.8, 4) is 11.5 Å². The predicted octanol–water partition coefficient (Wildman–Crippen LogP) is 2.46. The molecule has 3 rings (SSSR count). The molecule has 1 N–H and O–H groups in total. The number of carbonyl (C=O) groups is 1. The Kier molecular flexibility index (Phi) is 3.62. The van der Waals surface area contributed by atoms with Crippen LogP contribution in [0.5, 0.6) is 11.5 Å². The highest BCUT2D eigenvalue weighted by molar-refractivity contribution is 6.34. The van der Waals surface area contributed by atoms with Gasteiger partial charge in [-0.15, -0.1) is 0 Å². The monoisotopic (exact) mass is 305 g/mol. The van der Waals surface area contributed by atoms with E-state index in [0.717, 1.165) is 5.69 Å². The molecule has 0 atom stereocenters. The van der Waals surface area contributed by atoms with Crippen LogP contribution in [-0.2, 0) is 0 Å². The Morgan fingerprint density at radius 2 is 1.90 bits per heavy atom. The van der Waals surface area contributed by atoms with Crippen LogP contribution in [-0.4, -0.2) is 29.1 Å². The first-order chi connectivity index (χ1) is 10.1. The Morgan fingerprint density at radius 1 is 1.19 bits per heavy atom. The van der Waals surface area contributed by atoms with Gasteiger partial charge in [-0.1, -0.05) is 11.6 Å². The average Bonchev–Trinajstić information content (AvgIpc) is 2.48. The Morgan fingerprint density at radius 3 is 2.57 bits per heavy atom. The van der Waals surface area contributed by atoms with Crippen LogP contribution in [0, 0.1) is 6.92 Å². The Hall–Kier alpha value is -2.34. The second kappa shape index (κ2) is 5.57. The van der Waals surface area contributed by atoms with Crippen LogP contribution < -0.4 is 14.8 Å². The molecule has 0 aliphatic carbocycles. The Bertz CT molecular complexity index is 689. The van der Waals surface area contributed by atoms with Gasteiger partial charge in [0.25, 0.3) is 5.91 Å². The number of aromatic nitrogens is 2. The molecule has 7 heteroatoms. The van der Waals surface area contributed by atoms with Crippen molar-refractivity contribution in [3.63, 3.8) is 0 Å². The number of hydrogen-bond acceptors (Lipinski definition) is 5. The molecule has 1 aromatic heterocycles. The van der Waals surface area contributed by atoms with E-state index in [2.05, 4.69) is 15.3 Å². The lowest BCUT2D eigenvalue weighted by molar-refractivity contribution is 0.102. The number of ether oxygens (including phenoxy) is 2. The molecule has 1 aliphatic rings. The number of amides is 1. The van der Waals surface area contributed by atoms with Gasteiger partial charge in [0.15, 0.2) is 11.5 Å². The molecule has 0 unspecified atom stereocenters. The fraction of sp³-hybridized carbons (Fsp3) is 0.214. The quantitative estimate of drug-likeness (QED) is 0.922. The number of aryl methyl sites for hydroxylation is 1. The number of hydrogen-bond donors (Lipinski definition) is 1. The van der Waals surface area contributed by atoms with Crippen LogP contribution in [0.1, 0.15) is 16.2 Å². The number of nitrogens with one attached hydrogen (secondary N) is 1. The molecule has 0 saturated heterocycles. The van der Waals surface area contributed by atoms with E-state index in [1.807, 2.05) is 0 Å². The highest BCUT2D eigenvalue weighted by Gasteiger charge is 2.17. The summed E-state index contributed by atoms with van der Waals surface area (Å²) in [7, 11) is 0. The van der Waals surface area contributed by atoms with E-state index in [1.165, 1.54) is 12.4 Å². The third kappa shape index (κ3) is 2.90. The molecule has 0 radical (unpaired) electrons. The molecule has 2 heterocycles. The van der Waals surface area contributed by atoms with Crippen LogP contribution >= 0.6 is 11.6 Å². The van der Waals surface area contributed by atoms with Crippen molar-refractivity contribution in [1.29, 1.82) is 0 Å². The van der Waals surface area contributed by atoms with E-state index in [9.17, 15) is 4.79 Å². The molecule has 1 aliphatic heterocycles. The van der Waals surface area contributed by atoms with Crippen molar-refractivity contribution in [2.75, 3.05) is 18.5 Å². The van der Waals surface area contributed by atoms with Crippen molar-refractivity contribution in [3.05, 3.63) is 40.9 Å². The summed E-state index contributed by atoms with van der Waals surface area (Å²) in [6.45, 7) is 2.74. The standard InChI is InChI=1S/C14H12ClN3O3/c1-8-6-17-11(7-16-8)14(19)18-10-5-13-12(4-9(10)15)20-2-3-21-13/h4-7H,2-3H2,1H3,(H,18,19). The van der Waals surface area contributed by atoms with Crippen molar-refractivity contribution in [1.82, 2.24) is 9.97 Å². The first kappa shape index (κ1) is 13.6. The summed E-state index contributed by atoms with van der Waals surface area (Å²) >= 11 is 6.13. The van der Waals surface area contributed by atoms with Crippen LogP contribution in [0.25, 0.3) is 0 Å². The second-order valence-electron chi connectivity index (χ2n) is 4.47. The normalized spacial score (nSPS) is 12.9. The van der Waals surface area contributed by atoms with Gasteiger partial charge in [0, 0.05) is 18.3 Å². The van der Waals surface area contributed by atoms with E-state index in [-0.39, 0.29) is 11.6 Å². The highest BCUT2D eigenvalue weighted by atomic mass is 35.5. The van der Waals surface area contributed by atoms with Gasteiger partial charge in [0.05, 0.1) is 22.6 Å². The summed E-state index contributed by atoms with van der Waals surface area (Å²) in [5.74, 6) is 0.733. The van der Waals surface area contributed by atoms with Gasteiger partial charge in [-0.2, -0.15) is 0 Å². The van der Waals surface area contributed by atoms with Gasteiger partial charge in [-0.05, 0) is 6.92 Å². The molecular formula is C14H12ClN3O3. The zero-order valence-electron chi connectivity index (χ0n) is 11.2. The first-order valence-electron chi connectivity index (χ1n) is 6.32. The molecule has 108 valence electrons.